The average Bonchev–Trinajstić information content (AvgIpc) is 2.32. The molecule has 2 nitrogen and oxygen atoms in total. The maximum atomic E-state index is 11.6. The third-order valence-electron chi connectivity index (χ3n) is 2.71. The molecule has 1 amide bonds. The lowest BCUT2D eigenvalue weighted by Gasteiger charge is -2.09. The van der Waals surface area contributed by atoms with E-state index >= 15 is 0 Å². The van der Waals surface area contributed by atoms with E-state index in [1.165, 1.54) is 5.56 Å². The largest absolute Gasteiger partial charge is 0.315 e. The van der Waals surface area contributed by atoms with Gasteiger partial charge in [0.25, 0.3) is 0 Å². The summed E-state index contributed by atoms with van der Waals surface area (Å²) in [6, 6.07) is 6.18. The predicted molar refractivity (Wildman–Crippen MR) is 53.0 cm³/mol. The number of anilines is 1. The summed E-state index contributed by atoms with van der Waals surface area (Å²) in [5.41, 5.74) is 3.42. The number of fused-ring (bicyclic) bond motifs is 1. The van der Waals surface area contributed by atoms with E-state index in [0.29, 0.717) is 0 Å². The van der Waals surface area contributed by atoms with Gasteiger partial charge in [-0.1, -0.05) is 12.1 Å². The topological polar surface area (TPSA) is 20.3 Å². The van der Waals surface area contributed by atoms with Crippen LogP contribution in [-0.4, -0.2) is 13.0 Å². The van der Waals surface area contributed by atoms with E-state index in [1.807, 2.05) is 20.9 Å². The molecule has 0 bridgehead atoms. The molecule has 1 aromatic carbocycles. The lowest BCUT2D eigenvalue weighted by atomic mass is 10.0. The number of hydrogen-bond acceptors (Lipinski definition) is 1. The number of benzene rings is 1. The summed E-state index contributed by atoms with van der Waals surface area (Å²) >= 11 is 0. The molecule has 0 unspecified atom stereocenters. The van der Waals surface area contributed by atoms with E-state index in [2.05, 4.69) is 18.2 Å². The van der Waals surface area contributed by atoms with Gasteiger partial charge in [0.05, 0.1) is 5.92 Å². The van der Waals surface area contributed by atoms with Crippen LogP contribution < -0.4 is 4.90 Å². The van der Waals surface area contributed by atoms with Gasteiger partial charge >= 0.3 is 0 Å². The van der Waals surface area contributed by atoms with Crippen molar-refractivity contribution < 1.29 is 4.79 Å². The highest BCUT2D eigenvalue weighted by atomic mass is 16.2. The molecule has 0 aromatic heterocycles. The SMILES string of the molecule is Cc1ccc2c(c1)N(C)C(=O)[C@H]2C. The van der Waals surface area contributed by atoms with Gasteiger partial charge in [-0.3, -0.25) is 4.79 Å². The normalized spacial score (nSPS) is 20.7. The van der Waals surface area contributed by atoms with Gasteiger partial charge in [0.15, 0.2) is 0 Å². The summed E-state index contributed by atoms with van der Waals surface area (Å²) in [5, 5.41) is 0. The Hall–Kier alpha value is -1.31. The van der Waals surface area contributed by atoms with Crippen LogP contribution in [0.2, 0.25) is 0 Å². The standard InChI is InChI=1S/C11H13NO/c1-7-4-5-9-8(2)11(13)12(3)10(9)6-7/h4-6,8H,1-3H3/t8-/m0/s1. The Morgan fingerprint density at radius 2 is 2.08 bits per heavy atom. The summed E-state index contributed by atoms with van der Waals surface area (Å²) in [7, 11) is 1.84. The molecule has 2 rings (SSSR count). The maximum absolute atomic E-state index is 11.6. The second-order valence-electron chi connectivity index (χ2n) is 3.68. The molecule has 0 aliphatic carbocycles. The summed E-state index contributed by atoms with van der Waals surface area (Å²) < 4.78 is 0. The van der Waals surface area contributed by atoms with Gasteiger partial charge in [-0.25, -0.2) is 0 Å². The second-order valence-corrected chi connectivity index (χ2v) is 3.68. The van der Waals surface area contributed by atoms with Gasteiger partial charge in [-0.15, -0.1) is 0 Å². The molecule has 2 heteroatoms. The molecule has 1 aliphatic rings. The maximum Gasteiger partial charge on any atom is 0.234 e. The van der Waals surface area contributed by atoms with Gasteiger partial charge in [0.1, 0.15) is 0 Å². The summed E-state index contributed by atoms with van der Waals surface area (Å²) in [6.07, 6.45) is 0. The quantitative estimate of drug-likeness (QED) is 0.591. The van der Waals surface area contributed by atoms with Crippen molar-refractivity contribution in [3.63, 3.8) is 0 Å². The van der Waals surface area contributed by atoms with E-state index in [1.54, 1.807) is 4.90 Å². The average molecular weight is 175 g/mol. The fourth-order valence-electron chi connectivity index (χ4n) is 1.85. The zero-order valence-corrected chi connectivity index (χ0v) is 8.16. The monoisotopic (exact) mass is 175 g/mol. The molecule has 0 spiro atoms. The third kappa shape index (κ3) is 1.05. The van der Waals surface area contributed by atoms with Crippen molar-refractivity contribution in [1.82, 2.24) is 0 Å². The number of aryl methyl sites for hydroxylation is 1. The van der Waals surface area contributed by atoms with Crippen molar-refractivity contribution in [1.29, 1.82) is 0 Å². The third-order valence-corrected chi connectivity index (χ3v) is 2.71. The molecule has 0 saturated carbocycles. The Balaban J connectivity index is 2.60. The number of likely N-dealkylation sites (N-methyl/N-ethyl adjacent to an activating group) is 1. The lowest BCUT2D eigenvalue weighted by Crippen LogP contribution is -2.22. The molecule has 1 heterocycles. The molecule has 0 fully saturated rings. The van der Waals surface area contributed by atoms with Gasteiger partial charge in [-0.2, -0.15) is 0 Å². The van der Waals surface area contributed by atoms with Crippen LogP contribution >= 0.6 is 0 Å². The summed E-state index contributed by atoms with van der Waals surface area (Å²) in [4.78, 5) is 13.3. The van der Waals surface area contributed by atoms with Crippen LogP contribution in [0.25, 0.3) is 0 Å². The van der Waals surface area contributed by atoms with Gasteiger partial charge in [0, 0.05) is 12.7 Å². The first-order chi connectivity index (χ1) is 6.11. The fraction of sp³-hybridized carbons (Fsp3) is 0.364. The first kappa shape index (κ1) is 8.30. The van der Waals surface area contributed by atoms with Crippen molar-refractivity contribution in [3.05, 3.63) is 29.3 Å². The minimum atomic E-state index is 0.0283. The van der Waals surface area contributed by atoms with Gasteiger partial charge in [0.2, 0.25) is 5.91 Å². The number of rotatable bonds is 0. The van der Waals surface area contributed by atoms with Crippen LogP contribution in [0.5, 0.6) is 0 Å². The van der Waals surface area contributed by atoms with Crippen LogP contribution in [0.1, 0.15) is 24.0 Å². The molecule has 68 valence electrons. The molecule has 13 heavy (non-hydrogen) atoms. The van der Waals surface area contributed by atoms with E-state index in [4.69, 9.17) is 0 Å². The van der Waals surface area contributed by atoms with Gasteiger partial charge < -0.3 is 4.90 Å². The minimum Gasteiger partial charge on any atom is -0.315 e. The van der Waals surface area contributed by atoms with Crippen molar-refractivity contribution in [2.45, 2.75) is 19.8 Å². The molecule has 1 aliphatic heterocycles. The fourth-order valence-corrected chi connectivity index (χ4v) is 1.85. The highest BCUT2D eigenvalue weighted by Gasteiger charge is 2.31. The Kier molecular flexibility index (Phi) is 1.65. The molecular formula is C11H13NO. The molecule has 1 aromatic rings. The second kappa shape index (κ2) is 2.59. The Labute approximate surface area is 78.2 Å². The Bertz CT molecular complexity index is 370. The zero-order valence-electron chi connectivity index (χ0n) is 8.16. The number of amides is 1. The molecule has 0 saturated heterocycles. The van der Waals surface area contributed by atoms with Crippen LogP contribution in [0.3, 0.4) is 0 Å². The highest BCUT2D eigenvalue weighted by molar-refractivity contribution is 6.04. The molecule has 1 atom stereocenters. The number of hydrogen-bond donors (Lipinski definition) is 0. The first-order valence-electron chi connectivity index (χ1n) is 4.49. The lowest BCUT2D eigenvalue weighted by molar-refractivity contribution is -0.118. The van der Waals surface area contributed by atoms with Crippen molar-refractivity contribution in [2.24, 2.45) is 0 Å². The summed E-state index contributed by atoms with van der Waals surface area (Å²) in [6.45, 7) is 4.00. The van der Waals surface area contributed by atoms with E-state index in [0.717, 1.165) is 11.3 Å². The molecular weight excluding hydrogens is 162 g/mol. The highest BCUT2D eigenvalue weighted by Crippen LogP contribution is 2.36. The number of carbonyl (C=O) groups is 1. The predicted octanol–water partition coefficient (Wildman–Crippen LogP) is 2.07. The van der Waals surface area contributed by atoms with E-state index in [9.17, 15) is 4.79 Å². The Morgan fingerprint density at radius 1 is 1.38 bits per heavy atom. The summed E-state index contributed by atoms with van der Waals surface area (Å²) in [5.74, 6) is 0.223. The van der Waals surface area contributed by atoms with Crippen LogP contribution in [0, 0.1) is 6.92 Å². The van der Waals surface area contributed by atoms with E-state index in [-0.39, 0.29) is 11.8 Å². The van der Waals surface area contributed by atoms with Crippen LogP contribution in [0.15, 0.2) is 18.2 Å². The molecule has 0 radical (unpaired) electrons. The minimum absolute atomic E-state index is 0.0283. The van der Waals surface area contributed by atoms with Gasteiger partial charge in [-0.05, 0) is 31.0 Å². The molecule has 0 N–H and O–H groups in total. The Morgan fingerprint density at radius 3 is 2.77 bits per heavy atom. The van der Waals surface area contributed by atoms with E-state index < -0.39 is 0 Å². The number of carbonyl (C=O) groups excluding carboxylic acids is 1. The van der Waals surface area contributed by atoms with Crippen molar-refractivity contribution in [3.8, 4) is 0 Å². The van der Waals surface area contributed by atoms with Crippen LogP contribution in [-0.2, 0) is 4.79 Å². The first-order valence-corrected chi connectivity index (χ1v) is 4.49. The van der Waals surface area contributed by atoms with Crippen LogP contribution in [0.4, 0.5) is 5.69 Å². The zero-order chi connectivity index (χ0) is 9.59. The smallest absolute Gasteiger partial charge is 0.234 e. The van der Waals surface area contributed by atoms with Crippen molar-refractivity contribution >= 4 is 11.6 Å². The number of nitrogens with zero attached hydrogens (tertiary/aromatic N) is 1. The van der Waals surface area contributed by atoms with Crippen molar-refractivity contribution in [2.75, 3.05) is 11.9 Å².